The van der Waals surface area contributed by atoms with Gasteiger partial charge in [0.1, 0.15) is 0 Å². The molecule has 0 unspecified atom stereocenters. The summed E-state index contributed by atoms with van der Waals surface area (Å²) in [7, 11) is 2.19. The van der Waals surface area contributed by atoms with E-state index < -0.39 is 0 Å². The van der Waals surface area contributed by atoms with Crippen LogP contribution in [0.3, 0.4) is 0 Å². The van der Waals surface area contributed by atoms with Crippen molar-refractivity contribution >= 4 is 22.7 Å². The van der Waals surface area contributed by atoms with E-state index in [1.54, 1.807) is 0 Å². The van der Waals surface area contributed by atoms with Gasteiger partial charge in [0.15, 0.2) is 0 Å². The molecule has 1 aromatic carbocycles. The third-order valence-corrected chi connectivity index (χ3v) is 5.62. The lowest BCUT2D eigenvalue weighted by Crippen LogP contribution is -2.44. The summed E-state index contributed by atoms with van der Waals surface area (Å²) in [6, 6.07) is 6.60. The molecule has 1 aliphatic carbocycles. The minimum absolute atomic E-state index is 0.813. The number of H-pyrrole nitrogens is 1. The molecule has 24 heavy (non-hydrogen) atoms. The molecule has 0 spiro atoms. The fourth-order valence-electron chi connectivity index (χ4n) is 3.97. The lowest BCUT2D eigenvalue weighted by atomic mass is 9.89. The van der Waals surface area contributed by atoms with Gasteiger partial charge in [0.05, 0.1) is 11.0 Å². The first-order valence-corrected chi connectivity index (χ1v) is 9.45. The van der Waals surface area contributed by atoms with Crippen LogP contribution in [0.5, 0.6) is 0 Å². The van der Waals surface area contributed by atoms with Gasteiger partial charge in [-0.15, -0.1) is 0 Å². The maximum Gasteiger partial charge on any atom is 0.201 e. The predicted octanol–water partition coefficient (Wildman–Crippen LogP) is 3.31. The summed E-state index contributed by atoms with van der Waals surface area (Å²) in [6.07, 6.45) is 6.92. The van der Waals surface area contributed by atoms with Gasteiger partial charge in [0, 0.05) is 38.4 Å². The Kier molecular flexibility index (Phi) is 4.60. The Morgan fingerprint density at radius 1 is 1.12 bits per heavy atom. The number of aromatic amines is 1. The van der Waals surface area contributed by atoms with Gasteiger partial charge in [0.2, 0.25) is 5.95 Å². The summed E-state index contributed by atoms with van der Waals surface area (Å²) in [4.78, 5) is 13.0. The number of piperazine rings is 1. The molecule has 1 aliphatic heterocycles. The zero-order chi connectivity index (χ0) is 16.4. The first-order valence-electron chi connectivity index (χ1n) is 9.45. The molecular formula is C19H29N5. The number of hydrogen-bond acceptors (Lipinski definition) is 4. The number of hydrogen-bond donors (Lipinski definition) is 2. The summed E-state index contributed by atoms with van der Waals surface area (Å²) in [5.41, 5.74) is 3.50. The Labute approximate surface area is 144 Å². The third kappa shape index (κ3) is 3.51. The number of imidazole rings is 1. The minimum atomic E-state index is 0.813. The zero-order valence-electron chi connectivity index (χ0n) is 14.7. The highest BCUT2D eigenvalue weighted by Crippen LogP contribution is 2.25. The van der Waals surface area contributed by atoms with Crippen LogP contribution >= 0.6 is 0 Å². The van der Waals surface area contributed by atoms with E-state index in [0.717, 1.165) is 55.6 Å². The van der Waals surface area contributed by atoms with Crippen molar-refractivity contribution in [1.82, 2.24) is 14.9 Å². The molecule has 2 aliphatic rings. The Bertz CT molecular complexity index is 665. The molecular weight excluding hydrogens is 298 g/mol. The van der Waals surface area contributed by atoms with E-state index in [1.165, 1.54) is 37.8 Å². The van der Waals surface area contributed by atoms with Gasteiger partial charge in [-0.1, -0.05) is 19.3 Å². The largest absolute Gasteiger partial charge is 0.369 e. The quantitative estimate of drug-likeness (QED) is 0.904. The van der Waals surface area contributed by atoms with Gasteiger partial charge >= 0.3 is 0 Å². The zero-order valence-corrected chi connectivity index (χ0v) is 14.7. The molecule has 5 nitrogen and oxygen atoms in total. The average Bonchev–Trinajstić information content (AvgIpc) is 3.03. The van der Waals surface area contributed by atoms with Crippen molar-refractivity contribution in [2.45, 2.75) is 32.1 Å². The summed E-state index contributed by atoms with van der Waals surface area (Å²) < 4.78 is 0. The third-order valence-electron chi connectivity index (χ3n) is 5.62. The number of rotatable bonds is 4. The predicted molar refractivity (Wildman–Crippen MR) is 101 cm³/mol. The van der Waals surface area contributed by atoms with Crippen LogP contribution in [0.1, 0.15) is 32.1 Å². The Balaban J connectivity index is 1.43. The standard InChI is InChI=1S/C19H29N5/c1-23-9-11-24(12-10-23)16-7-8-17-18(13-16)22-19(21-17)20-14-15-5-3-2-4-6-15/h7-8,13,15H,2-6,9-12,14H2,1H3,(H2,20,21,22). The number of likely N-dealkylation sites (N-methyl/N-ethyl adjacent to an activating group) is 1. The molecule has 2 fully saturated rings. The molecule has 2 heterocycles. The molecule has 0 atom stereocenters. The highest BCUT2D eigenvalue weighted by molar-refractivity contribution is 5.81. The number of fused-ring (bicyclic) bond motifs is 1. The summed E-state index contributed by atoms with van der Waals surface area (Å²) in [5.74, 6) is 1.74. The van der Waals surface area contributed by atoms with Crippen molar-refractivity contribution in [2.75, 3.05) is 50.0 Å². The van der Waals surface area contributed by atoms with Crippen LogP contribution in [0.15, 0.2) is 18.2 Å². The van der Waals surface area contributed by atoms with Crippen molar-refractivity contribution in [3.63, 3.8) is 0 Å². The molecule has 1 aromatic heterocycles. The maximum atomic E-state index is 4.70. The van der Waals surface area contributed by atoms with Crippen LogP contribution in [0.4, 0.5) is 11.6 Å². The second-order valence-corrected chi connectivity index (χ2v) is 7.46. The fourth-order valence-corrected chi connectivity index (χ4v) is 3.97. The first kappa shape index (κ1) is 15.8. The monoisotopic (exact) mass is 327 g/mol. The highest BCUT2D eigenvalue weighted by Gasteiger charge is 2.16. The molecule has 5 heteroatoms. The number of anilines is 2. The van der Waals surface area contributed by atoms with E-state index >= 15 is 0 Å². The maximum absolute atomic E-state index is 4.70. The van der Waals surface area contributed by atoms with Crippen LogP contribution in [-0.4, -0.2) is 54.6 Å². The number of benzene rings is 1. The van der Waals surface area contributed by atoms with E-state index in [-0.39, 0.29) is 0 Å². The van der Waals surface area contributed by atoms with Crippen molar-refractivity contribution in [2.24, 2.45) is 5.92 Å². The summed E-state index contributed by atoms with van der Waals surface area (Å²) in [5, 5.41) is 3.52. The molecule has 1 saturated heterocycles. The van der Waals surface area contributed by atoms with E-state index in [4.69, 9.17) is 4.98 Å². The van der Waals surface area contributed by atoms with Crippen LogP contribution < -0.4 is 10.2 Å². The summed E-state index contributed by atoms with van der Waals surface area (Å²) in [6.45, 7) is 5.52. The van der Waals surface area contributed by atoms with E-state index in [0.29, 0.717) is 0 Å². The van der Waals surface area contributed by atoms with Crippen molar-refractivity contribution in [1.29, 1.82) is 0 Å². The SMILES string of the molecule is CN1CCN(c2ccc3nc(NCC4CCCCC4)[nH]c3c2)CC1. The highest BCUT2D eigenvalue weighted by atomic mass is 15.2. The second kappa shape index (κ2) is 7.01. The van der Waals surface area contributed by atoms with Crippen LogP contribution in [0.2, 0.25) is 0 Å². The smallest absolute Gasteiger partial charge is 0.201 e. The Morgan fingerprint density at radius 2 is 1.92 bits per heavy atom. The molecule has 1 saturated carbocycles. The molecule has 0 bridgehead atoms. The van der Waals surface area contributed by atoms with Crippen molar-refractivity contribution in [3.8, 4) is 0 Å². The lowest BCUT2D eigenvalue weighted by Gasteiger charge is -2.34. The Morgan fingerprint density at radius 3 is 2.71 bits per heavy atom. The van der Waals surface area contributed by atoms with Crippen molar-refractivity contribution in [3.05, 3.63) is 18.2 Å². The molecule has 2 N–H and O–H groups in total. The van der Waals surface area contributed by atoms with Crippen molar-refractivity contribution < 1.29 is 0 Å². The first-order chi connectivity index (χ1) is 11.8. The Hall–Kier alpha value is -1.75. The van der Waals surface area contributed by atoms with Crippen LogP contribution in [0.25, 0.3) is 11.0 Å². The van der Waals surface area contributed by atoms with Gasteiger partial charge in [-0.25, -0.2) is 4.98 Å². The fraction of sp³-hybridized carbons (Fsp3) is 0.632. The number of nitrogens with zero attached hydrogens (tertiary/aromatic N) is 3. The molecule has 2 aromatic rings. The van der Waals surface area contributed by atoms with Crippen LogP contribution in [0, 0.1) is 5.92 Å². The van der Waals surface area contributed by atoms with Gasteiger partial charge in [-0.3, -0.25) is 0 Å². The molecule has 0 amide bonds. The van der Waals surface area contributed by atoms with Crippen LogP contribution in [-0.2, 0) is 0 Å². The average molecular weight is 327 g/mol. The number of nitrogens with one attached hydrogen (secondary N) is 2. The topological polar surface area (TPSA) is 47.2 Å². The van der Waals surface area contributed by atoms with Gasteiger partial charge in [-0.05, 0) is 44.0 Å². The molecule has 130 valence electrons. The van der Waals surface area contributed by atoms with E-state index in [2.05, 4.69) is 45.3 Å². The van der Waals surface area contributed by atoms with Gasteiger partial charge < -0.3 is 20.1 Å². The van der Waals surface area contributed by atoms with E-state index in [9.17, 15) is 0 Å². The normalized spacial score (nSPS) is 20.6. The lowest BCUT2D eigenvalue weighted by molar-refractivity contribution is 0.313. The molecule has 0 radical (unpaired) electrons. The van der Waals surface area contributed by atoms with E-state index in [1.807, 2.05) is 0 Å². The second-order valence-electron chi connectivity index (χ2n) is 7.46. The minimum Gasteiger partial charge on any atom is -0.369 e. The van der Waals surface area contributed by atoms with Gasteiger partial charge in [-0.2, -0.15) is 0 Å². The molecule has 4 rings (SSSR count). The van der Waals surface area contributed by atoms with Gasteiger partial charge in [0.25, 0.3) is 0 Å². The number of aromatic nitrogens is 2. The summed E-state index contributed by atoms with van der Waals surface area (Å²) >= 11 is 0.